The molecule has 184 valence electrons. The lowest BCUT2D eigenvalue weighted by Crippen LogP contribution is -2.50. The number of hydrogen-bond donors (Lipinski definition) is 2. The number of ether oxygens (including phenoxy) is 2. The van der Waals surface area contributed by atoms with Crippen LogP contribution in [-0.2, 0) is 19.1 Å². The molecule has 2 fully saturated rings. The SMILES string of the molecule is C=C.CC(C)(CN1CCOCC1)OC(=O)NCC(=O)N1CCC[C@H]1C(N)=O.CC(C)C.[HH].[HH]. The van der Waals surface area contributed by atoms with Crippen molar-refractivity contribution in [2.24, 2.45) is 11.7 Å². The van der Waals surface area contributed by atoms with E-state index >= 15 is 0 Å². The van der Waals surface area contributed by atoms with Gasteiger partial charge < -0.3 is 25.4 Å². The summed E-state index contributed by atoms with van der Waals surface area (Å²) in [6.07, 6.45) is 0.649. The molecule has 0 saturated carbocycles. The monoisotopic (exact) mass is 446 g/mol. The quantitative estimate of drug-likeness (QED) is 0.605. The Bertz CT molecular complexity index is 570. The molecule has 2 rings (SSSR count). The van der Waals surface area contributed by atoms with E-state index in [-0.39, 0.29) is 15.3 Å². The number of carbonyl (C=O) groups is 3. The number of morpholine rings is 1. The molecule has 0 bridgehead atoms. The molecule has 2 heterocycles. The first-order chi connectivity index (χ1) is 14.5. The zero-order valence-corrected chi connectivity index (χ0v) is 19.9. The Labute approximate surface area is 190 Å². The van der Waals surface area contributed by atoms with E-state index in [9.17, 15) is 14.4 Å². The number of carbonyl (C=O) groups excluding carboxylic acids is 3. The molecule has 0 aromatic heterocycles. The number of rotatable bonds is 6. The van der Waals surface area contributed by atoms with Crippen LogP contribution in [-0.4, -0.2) is 85.3 Å². The molecule has 0 unspecified atom stereocenters. The molecular formula is C22H46N4O5. The number of primary amides is 1. The summed E-state index contributed by atoms with van der Waals surface area (Å²) in [5.74, 6) is -0.00990. The van der Waals surface area contributed by atoms with Crippen molar-refractivity contribution in [2.75, 3.05) is 45.9 Å². The number of alkyl carbamates (subject to hydrolysis) is 1. The number of nitrogens with one attached hydrogen (secondary N) is 1. The van der Waals surface area contributed by atoms with E-state index in [0.717, 1.165) is 25.4 Å². The molecule has 2 saturated heterocycles. The minimum atomic E-state index is -0.687. The van der Waals surface area contributed by atoms with Crippen molar-refractivity contribution >= 4 is 17.9 Å². The number of nitrogens with two attached hydrogens (primary N) is 1. The van der Waals surface area contributed by atoms with Crippen molar-refractivity contribution in [3.05, 3.63) is 13.2 Å². The highest BCUT2D eigenvalue weighted by Gasteiger charge is 2.33. The van der Waals surface area contributed by atoms with Crippen LogP contribution in [0.15, 0.2) is 13.2 Å². The Morgan fingerprint density at radius 3 is 2.26 bits per heavy atom. The molecule has 0 aliphatic carbocycles. The van der Waals surface area contributed by atoms with Crippen LogP contribution >= 0.6 is 0 Å². The Morgan fingerprint density at radius 1 is 1.19 bits per heavy atom. The fourth-order valence-corrected chi connectivity index (χ4v) is 3.23. The Kier molecular flexibility index (Phi) is 13.8. The van der Waals surface area contributed by atoms with E-state index in [2.05, 4.69) is 44.1 Å². The topological polar surface area (TPSA) is 114 Å². The van der Waals surface area contributed by atoms with Gasteiger partial charge in [-0.25, -0.2) is 4.79 Å². The minimum absolute atomic E-state index is 0. The molecule has 0 aromatic carbocycles. The van der Waals surface area contributed by atoms with Gasteiger partial charge in [0.25, 0.3) is 0 Å². The standard InChI is InChI=1S/C16H28N4O5.C4H10.C2H4.2H2/c1-16(2,11-19-6-8-24-9-7-19)25-15(23)18-10-13(21)20-5-3-4-12(20)14(17)22;1-4(2)3;1-2;;/h12H,3-11H2,1-2H3,(H2,17,22)(H,18,23);4H,1-3H3;1-2H2;2*1H/t12-;;;;/m0..../s1. The van der Waals surface area contributed by atoms with E-state index in [1.807, 2.05) is 13.8 Å². The maximum Gasteiger partial charge on any atom is 0.408 e. The van der Waals surface area contributed by atoms with Crippen molar-refractivity contribution in [2.45, 2.75) is 59.1 Å². The summed E-state index contributed by atoms with van der Waals surface area (Å²) in [5.41, 5.74) is 4.61. The smallest absolute Gasteiger partial charge is 0.408 e. The van der Waals surface area contributed by atoms with Crippen LogP contribution < -0.4 is 11.1 Å². The third-order valence-electron chi connectivity index (χ3n) is 4.36. The van der Waals surface area contributed by atoms with Gasteiger partial charge in [-0.15, -0.1) is 13.2 Å². The van der Waals surface area contributed by atoms with Crippen LogP contribution in [0, 0.1) is 5.92 Å². The van der Waals surface area contributed by atoms with Gasteiger partial charge in [-0.2, -0.15) is 0 Å². The first-order valence-corrected chi connectivity index (χ1v) is 10.9. The maximum atomic E-state index is 12.2. The summed E-state index contributed by atoms with van der Waals surface area (Å²) in [7, 11) is 0. The molecule has 2 aliphatic rings. The van der Waals surface area contributed by atoms with Crippen LogP contribution in [0.3, 0.4) is 0 Å². The summed E-state index contributed by atoms with van der Waals surface area (Å²) in [5, 5.41) is 2.46. The first-order valence-electron chi connectivity index (χ1n) is 10.9. The Morgan fingerprint density at radius 2 is 1.74 bits per heavy atom. The highest BCUT2D eigenvalue weighted by Crippen LogP contribution is 2.17. The molecule has 9 nitrogen and oxygen atoms in total. The van der Waals surface area contributed by atoms with Crippen molar-refractivity contribution < 1.29 is 26.7 Å². The van der Waals surface area contributed by atoms with Crippen LogP contribution in [0.25, 0.3) is 0 Å². The molecule has 0 aromatic rings. The Balaban J connectivity index is -0.00000102. The highest BCUT2D eigenvalue weighted by atomic mass is 16.6. The molecule has 0 spiro atoms. The fraction of sp³-hybridized carbons (Fsp3) is 0.773. The zero-order valence-electron chi connectivity index (χ0n) is 19.9. The van der Waals surface area contributed by atoms with Gasteiger partial charge in [0.2, 0.25) is 11.8 Å². The lowest BCUT2D eigenvalue weighted by atomic mass is 10.1. The van der Waals surface area contributed by atoms with Crippen LogP contribution in [0.2, 0.25) is 0 Å². The molecule has 1 atom stereocenters. The van der Waals surface area contributed by atoms with Gasteiger partial charge in [-0.05, 0) is 32.6 Å². The molecular weight excluding hydrogens is 400 g/mol. The van der Waals surface area contributed by atoms with Crippen LogP contribution in [0.1, 0.15) is 50.3 Å². The summed E-state index contributed by atoms with van der Waals surface area (Å²) in [6.45, 7) is 20.0. The van der Waals surface area contributed by atoms with E-state index < -0.39 is 23.6 Å². The zero-order chi connectivity index (χ0) is 24.0. The predicted molar refractivity (Wildman–Crippen MR) is 126 cm³/mol. The summed E-state index contributed by atoms with van der Waals surface area (Å²) >= 11 is 0. The maximum absolute atomic E-state index is 12.2. The molecule has 31 heavy (non-hydrogen) atoms. The summed E-state index contributed by atoms with van der Waals surface area (Å²) in [4.78, 5) is 39.1. The minimum Gasteiger partial charge on any atom is -0.442 e. The number of amides is 3. The normalized spacial score (nSPS) is 18.9. The lowest BCUT2D eigenvalue weighted by molar-refractivity contribution is -0.136. The van der Waals surface area contributed by atoms with Gasteiger partial charge in [-0.1, -0.05) is 20.8 Å². The highest BCUT2D eigenvalue weighted by molar-refractivity contribution is 5.89. The largest absolute Gasteiger partial charge is 0.442 e. The number of likely N-dealkylation sites (tertiary alicyclic amines) is 1. The van der Waals surface area contributed by atoms with Gasteiger partial charge in [0, 0.05) is 29.0 Å². The predicted octanol–water partition coefficient (Wildman–Crippen LogP) is 2.26. The van der Waals surface area contributed by atoms with Gasteiger partial charge in [0.15, 0.2) is 0 Å². The van der Waals surface area contributed by atoms with Gasteiger partial charge >= 0.3 is 6.09 Å². The molecule has 0 radical (unpaired) electrons. The van der Waals surface area contributed by atoms with Crippen LogP contribution in [0.5, 0.6) is 0 Å². The third-order valence-corrected chi connectivity index (χ3v) is 4.36. The summed E-state index contributed by atoms with van der Waals surface area (Å²) < 4.78 is 10.7. The van der Waals surface area contributed by atoms with Gasteiger partial charge in [0.1, 0.15) is 18.2 Å². The first kappa shape index (κ1) is 28.9. The van der Waals surface area contributed by atoms with Gasteiger partial charge in [-0.3, -0.25) is 14.5 Å². The van der Waals surface area contributed by atoms with E-state index in [0.29, 0.717) is 32.7 Å². The van der Waals surface area contributed by atoms with Crippen molar-refractivity contribution in [1.29, 1.82) is 0 Å². The van der Waals surface area contributed by atoms with E-state index in [1.165, 1.54) is 4.90 Å². The number of hydrogen-bond acceptors (Lipinski definition) is 6. The summed E-state index contributed by atoms with van der Waals surface area (Å²) in [6, 6.07) is -0.580. The van der Waals surface area contributed by atoms with Gasteiger partial charge in [0.05, 0.1) is 13.2 Å². The van der Waals surface area contributed by atoms with Crippen molar-refractivity contribution in [3.63, 3.8) is 0 Å². The van der Waals surface area contributed by atoms with Crippen LogP contribution in [0.4, 0.5) is 4.79 Å². The third kappa shape index (κ3) is 12.3. The second-order valence-electron chi connectivity index (χ2n) is 8.77. The Hall–Kier alpha value is -2.13. The lowest BCUT2D eigenvalue weighted by Gasteiger charge is -2.34. The van der Waals surface area contributed by atoms with E-state index in [4.69, 9.17) is 15.2 Å². The van der Waals surface area contributed by atoms with Crippen molar-refractivity contribution in [1.82, 2.24) is 15.1 Å². The fourth-order valence-electron chi connectivity index (χ4n) is 3.23. The second kappa shape index (κ2) is 14.8. The second-order valence-corrected chi connectivity index (χ2v) is 8.77. The average molecular weight is 447 g/mol. The molecule has 3 N–H and O–H groups in total. The molecule has 2 aliphatic heterocycles. The van der Waals surface area contributed by atoms with E-state index in [1.54, 1.807) is 0 Å². The molecule has 9 heteroatoms. The number of nitrogens with zero attached hydrogens (tertiary/aromatic N) is 2. The van der Waals surface area contributed by atoms with Crippen molar-refractivity contribution in [3.8, 4) is 0 Å². The average Bonchev–Trinajstić information content (AvgIpc) is 3.17. The molecule has 3 amide bonds.